The third-order valence-corrected chi connectivity index (χ3v) is 6.63. The Kier molecular flexibility index (Phi) is 2.31. The van der Waals surface area contributed by atoms with E-state index in [0.29, 0.717) is 11.7 Å². The molecule has 2 N–H and O–H groups in total. The molecule has 0 radical (unpaired) electrons. The second kappa shape index (κ2) is 3.74. The summed E-state index contributed by atoms with van der Waals surface area (Å²) < 4.78 is 1.19. The van der Waals surface area contributed by atoms with E-state index in [4.69, 9.17) is 0 Å². The van der Waals surface area contributed by atoms with Crippen LogP contribution >= 0.6 is 11.3 Å². The van der Waals surface area contributed by atoms with Crippen molar-refractivity contribution in [2.24, 2.45) is 5.41 Å². The molecule has 1 fully saturated rings. The summed E-state index contributed by atoms with van der Waals surface area (Å²) >= 11 is 1.82. The van der Waals surface area contributed by atoms with E-state index in [9.17, 15) is 10.2 Å². The van der Waals surface area contributed by atoms with Gasteiger partial charge in [-0.25, -0.2) is 0 Å². The van der Waals surface area contributed by atoms with Crippen molar-refractivity contribution in [1.82, 2.24) is 0 Å². The predicted octanol–water partition coefficient (Wildman–Crippen LogP) is 3.80. The first-order chi connectivity index (χ1) is 9.09. The van der Waals surface area contributed by atoms with Crippen LogP contribution in [0.15, 0.2) is 18.2 Å². The summed E-state index contributed by atoms with van der Waals surface area (Å²) in [5.41, 5.74) is 1.53. The summed E-state index contributed by atoms with van der Waals surface area (Å²) in [6, 6.07) is 5.71. The average Bonchev–Trinajstić information content (AvgIpc) is 2.87. The van der Waals surface area contributed by atoms with Crippen LogP contribution < -0.4 is 0 Å². The molecule has 2 aromatic rings. The lowest BCUT2D eigenvalue weighted by Crippen LogP contribution is -2.34. The van der Waals surface area contributed by atoms with E-state index >= 15 is 0 Å². The van der Waals surface area contributed by atoms with Crippen molar-refractivity contribution in [2.45, 2.75) is 44.6 Å². The van der Waals surface area contributed by atoms with Crippen molar-refractivity contribution >= 4 is 21.4 Å². The van der Waals surface area contributed by atoms with E-state index in [1.807, 2.05) is 23.5 Å². The van der Waals surface area contributed by atoms with Gasteiger partial charge in [0.2, 0.25) is 0 Å². The highest BCUT2D eigenvalue weighted by Gasteiger charge is 2.49. The molecule has 0 saturated heterocycles. The van der Waals surface area contributed by atoms with Gasteiger partial charge in [0.25, 0.3) is 0 Å². The van der Waals surface area contributed by atoms with Gasteiger partial charge in [-0.05, 0) is 54.8 Å². The maximum Gasteiger partial charge on any atom is 0.117 e. The summed E-state index contributed by atoms with van der Waals surface area (Å²) in [6.07, 6.45) is 4.02. The highest BCUT2D eigenvalue weighted by atomic mass is 32.1. The van der Waals surface area contributed by atoms with Gasteiger partial charge < -0.3 is 10.2 Å². The molecule has 1 aromatic carbocycles. The van der Waals surface area contributed by atoms with Gasteiger partial charge in [0.05, 0.1) is 6.10 Å². The van der Waals surface area contributed by atoms with Crippen molar-refractivity contribution in [3.8, 4) is 5.75 Å². The molecule has 3 atom stereocenters. The minimum absolute atomic E-state index is 0.0654. The quantitative estimate of drug-likeness (QED) is 0.767. The summed E-state index contributed by atoms with van der Waals surface area (Å²) in [6.45, 7) is 2.25. The van der Waals surface area contributed by atoms with Gasteiger partial charge in [-0.15, -0.1) is 11.3 Å². The second-order valence-corrected chi connectivity index (χ2v) is 7.36. The van der Waals surface area contributed by atoms with Crippen molar-refractivity contribution in [2.75, 3.05) is 0 Å². The summed E-state index contributed by atoms with van der Waals surface area (Å²) in [4.78, 5) is 1.46. The van der Waals surface area contributed by atoms with E-state index in [1.165, 1.54) is 20.5 Å². The zero-order valence-corrected chi connectivity index (χ0v) is 11.8. The Morgan fingerprint density at radius 2 is 2.16 bits per heavy atom. The molecule has 0 amide bonds. The standard InChI is InChI=1S/C16H18O2S/c1-16-7-6-11-10-3-2-9(17)8-13(10)19-15(11)12(16)4-5-14(16)18/h2-3,8,12,14,17-18H,4-7H2,1H3/t12-,14-,16?/m1/s1. The zero-order valence-electron chi connectivity index (χ0n) is 11.0. The number of benzene rings is 1. The topological polar surface area (TPSA) is 40.5 Å². The molecule has 0 aliphatic heterocycles. The van der Waals surface area contributed by atoms with E-state index in [-0.39, 0.29) is 11.5 Å². The maximum atomic E-state index is 10.3. The SMILES string of the molecule is CC12CCc3c(sc4cc(O)ccc34)[C@H]1CC[C@H]2O. The lowest BCUT2D eigenvalue weighted by molar-refractivity contribution is 0.0467. The van der Waals surface area contributed by atoms with Crippen molar-refractivity contribution in [3.63, 3.8) is 0 Å². The summed E-state index contributed by atoms with van der Waals surface area (Å²) in [7, 11) is 0. The van der Waals surface area contributed by atoms with E-state index < -0.39 is 0 Å². The highest BCUT2D eigenvalue weighted by molar-refractivity contribution is 7.19. The number of aliphatic hydroxyl groups excluding tert-OH is 1. The van der Waals surface area contributed by atoms with Crippen LogP contribution in [0.2, 0.25) is 0 Å². The minimum Gasteiger partial charge on any atom is -0.508 e. The fourth-order valence-corrected chi connectivity index (χ4v) is 5.66. The number of fused-ring (bicyclic) bond motifs is 5. The number of aryl methyl sites for hydroxylation is 1. The first-order valence-electron chi connectivity index (χ1n) is 7.02. The third kappa shape index (κ3) is 1.46. The number of rotatable bonds is 0. The summed E-state index contributed by atoms with van der Waals surface area (Å²) in [5.74, 6) is 0.853. The average molecular weight is 274 g/mol. The number of aromatic hydroxyl groups is 1. The number of thiophene rings is 1. The van der Waals surface area contributed by atoms with Gasteiger partial charge in [-0.2, -0.15) is 0 Å². The number of hydrogen-bond donors (Lipinski definition) is 2. The lowest BCUT2D eigenvalue weighted by atomic mass is 9.69. The fraction of sp³-hybridized carbons (Fsp3) is 0.500. The predicted molar refractivity (Wildman–Crippen MR) is 77.9 cm³/mol. The van der Waals surface area contributed by atoms with Gasteiger partial charge in [0.15, 0.2) is 0 Å². The van der Waals surface area contributed by atoms with Crippen LogP contribution in [0.1, 0.15) is 42.5 Å². The van der Waals surface area contributed by atoms with E-state index in [1.54, 1.807) is 6.07 Å². The maximum absolute atomic E-state index is 10.3. The number of aliphatic hydroxyl groups is 1. The van der Waals surface area contributed by atoms with Crippen molar-refractivity contribution in [3.05, 3.63) is 28.6 Å². The molecule has 1 saturated carbocycles. The van der Waals surface area contributed by atoms with Crippen LogP contribution in [0, 0.1) is 5.41 Å². The lowest BCUT2D eigenvalue weighted by Gasteiger charge is -2.38. The Bertz CT molecular complexity index is 660. The van der Waals surface area contributed by atoms with Crippen molar-refractivity contribution in [1.29, 1.82) is 0 Å². The highest BCUT2D eigenvalue weighted by Crippen LogP contribution is 2.58. The Morgan fingerprint density at radius 1 is 1.32 bits per heavy atom. The molecule has 0 bridgehead atoms. The first kappa shape index (κ1) is 11.7. The van der Waals surface area contributed by atoms with Crippen molar-refractivity contribution < 1.29 is 10.2 Å². The molecule has 1 unspecified atom stereocenters. The minimum atomic E-state index is -0.149. The van der Waals surface area contributed by atoms with Gasteiger partial charge in [0.1, 0.15) is 5.75 Å². The van der Waals surface area contributed by atoms with Gasteiger partial charge in [-0.3, -0.25) is 0 Å². The summed E-state index contributed by atoms with van der Waals surface area (Å²) in [5, 5.41) is 21.2. The zero-order chi connectivity index (χ0) is 13.2. The molecule has 3 heteroatoms. The van der Waals surface area contributed by atoms with Gasteiger partial charge in [0, 0.05) is 20.9 Å². The molecule has 1 heterocycles. The molecular weight excluding hydrogens is 256 g/mol. The monoisotopic (exact) mass is 274 g/mol. The second-order valence-electron chi connectivity index (χ2n) is 6.28. The molecule has 19 heavy (non-hydrogen) atoms. The molecule has 4 rings (SSSR count). The van der Waals surface area contributed by atoms with Crippen LogP contribution in [0.5, 0.6) is 5.75 Å². The molecule has 2 aliphatic rings. The molecular formula is C16H18O2S. The Hall–Kier alpha value is -1.06. The van der Waals surface area contributed by atoms with E-state index in [2.05, 4.69) is 6.92 Å². The Balaban J connectivity index is 1.93. The number of phenolic OH excluding ortho intramolecular Hbond substituents is 1. The largest absolute Gasteiger partial charge is 0.508 e. The fourth-order valence-electron chi connectivity index (χ4n) is 4.08. The Morgan fingerprint density at radius 3 is 3.00 bits per heavy atom. The normalized spacial score (nSPS) is 33.4. The van der Waals surface area contributed by atoms with Crippen LogP contribution in [0.3, 0.4) is 0 Å². The first-order valence-corrected chi connectivity index (χ1v) is 7.83. The van der Waals surface area contributed by atoms with Gasteiger partial charge >= 0.3 is 0 Å². The third-order valence-electron chi connectivity index (χ3n) is 5.32. The van der Waals surface area contributed by atoms with Crippen LogP contribution in [0.25, 0.3) is 10.1 Å². The van der Waals surface area contributed by atoms with Crippen LogP contribution in [0.4, 0.5) is 0 Å². The molecule has 100 valence electrons. The van der Waals surface area contributed by atoms with Crippen LogP contribution in [-0.2, 0) is 6.42 Å². The van der Waals surface area contributed by atoms with Gasteiger partial charge in [-0.1, -0.05) is 6.92 Å². The molecule has 0 spiro atoms. The smallest absolute Gasteiger partial charge is 0.117 e. The molecule has 1 aromatic heterocycles. The number of hydrogen-bond acceptors (Lipinski definition) is 3. The Labute approximate surface area is 116 Å². The molecule has 2 aliphatic carbocycles. The van der Waals surface area contributed by atoms with E-state index in [0.717, 1.165) is 25.7 Å². The van der Waals surface area contributed by atoms with Crippen LogP contribution in [-0.4, -0.2) is 16.3 Å². The number of phenols is 1. The molecule has 2 nitrogen and oxygen atoms in total.